The Balaban J connectivity index is 2.96. The summed E-state index contributed by atoms with van der Waals surface area (Å²) in [5, 5.41) is 9.75. The van der Waals surface area contributed by atoms with Crippen molar-refractivity contribution < 1.29 is 9.90 Å². The van der Waals surface area contributed by atoms with Crippen molar-refractivity contribution in [3.05, 3.63) is 29.3 Å². The summed E-state index contributed by atoms with van der Waals surface area (Å²) < 4.78 is 0. The molecule has 112 valence electrons. The van der Waals surface area contributed by atoms with Gasteiger partial charge >= 0.3 is 0 Å². The fourth-order valence-electron chi connectivity index (χ4n) is 2.03. The molecule has 0 aromatic heterocycles. The van der Waals surface area contributed by atoms with Gasteiger partial charge in [0.25, 0.3) is 5.91 Å². The lowest BCUT2D eigenvalue weighted by Crippen LogP contribution is -2.42. The molecule has 1 amide bonds. The molecule has 0 spiro atoms. The van der Waals surface area contributed by atoms with Gasteiger partial charge in [-0.3, -0.25) is 4.79 Å². The van der Waals surface area contributed by atoms with E-state index in [-0.39, 0.29) is 17.1 Å². The van der Waals surface area contributed by atoms with E-state index in [0.29, 0.717) is 25.2 Å². The molecule has 0 bridgehead atoms. The summed E-state index contributed by atoms with van der Waals surface area (Å²) in [6.45, 7) is 9.79. The first-order valence-corrected chi connectivity index (χ1v) is 7.09. The van der Waals surface area contributed by atoms with Crippen LogP contribution in [-0.2, 0) is 0 Å². The highest BCUT2D eigenvalue weighted by Crippen LogP contribution is 2.21. The van der Waals surface area contributed by atoms with Crippen molar-refractivity contribution in [1.82, 2.24) is 4.90 Å². The lowest BCUT2D eigenvalue weighted by molar-refractivity contribution is 0.0689. The van der Waals surface area contributed by atoms with Gasteiger partial charge in [-0.1, -0.05) is 26.8 Å². The van der Waals surface area contributed by atoms with Crippen molar-refractivity contribution in [3.8, 4) is 5.75 Å². The summed E-state index contributed by atoms with van der Waals surface area (Å²) in [6, 6.07) is 5.06. The number of aromatic hydroxyl groups is 1. The highest BCUT2D eigenvalue weighted by molar-refractivity contribution is 5.94. The van der Waals surface area contributed by atoms with Gasteiger partial charge in [0.1, 0.15) is 5.75 Å². The van der Waals surface area contributed by atoms with Gasteiger partial charge in [-0.25, -0.2) is 0 Å². The zero-order chi connectivity index (χ0) is 15.3. The number of carbonyl (C=O) groups excluding carboxylic acids is 1. The molecule has 1 rings (SSSR count). The van der Waals surface area contributed by atoms with Crippen LogP contribution in [0.3, 0.4) is 0 Å². The van der Waals surface area contributed by atoms with E-state index in [2.05, 4.69) is 13.8 Å². The van der Waals surface area contributed by atoms with Crippen LogP contribution in [0.4, 0.5) is 0 Å². The molecule has 1 aromatic rings. The SMILES string of the molecule is CCCN(CC(C)(C)CN)C(=O)c1ccc(C)c(O)c1. The number of nitrogens with zero attached hydrogens (tertiary/aromatic N) is 1. The second-order valence-corrected chi connectivity index (χ2v) is 6.10. The second kappa shape index (κ2) is 6.75. The molecule has 0 fully saturated rings. The second-order valence-electron chi connectivity index (χ2n) is 6.10. The molecule has 0 aliphatic rings. The highest BCUT2D eigenvalue weighted by Gasteiger charge is 2.24. The molecule has 0 aliphatic carbocycles. The number of hydrogen-bond acceptors (Lipinski definition) is 3. The van der Waals surface area contributed by atoms with Gasteiger partial charge in [0.05, 0.1) is 0 Å². The third kappa shape index (κ3) is 4.23. The Hall–Kier alpha value is -1.55. The lowest BCUT2D eigenvalue weighted by Gasteiger charge is -2.31. The molecule has 0 aliphatic heterocycles. The number of carbonyl (C=O) groups is 1. The number of nitrogens with two attached hydrogens (primary N) is 1. The van der Waals surface area contributed by atoms with Crippen molar-refractivity contribution >= 4 is 5.91 Å². The number of hydrogen-bond donors (Lipinski definition) is 2. The largest absolute Gasteiger partial charge is 0.508 e. The van der Waals surface area contributed by atoms with Gasteiger partial charge in [-0.2, -0.15) is 0 Å². The third-order valence-electron chi connectivity index (χ3n) is 3.41. The summed E-state index contributed by atoms with van der Waals surface area (Å²) in [4.78, 5) is 14.4. The summed E-state index contributed by atoms with van der Waals surface area (Å²) in [5.41, 5.74) is 6.93. The minimum atomic E-state index is -0.114. The summed E-state index contributed by atoms with van der Waals surface area (Å²) >= 11 is 0. The predicted octanol–water partition coefficient (Wildman–Crippen LogP) is 2.54. The summed E-state index contributed by atoms with van der Waals surface area (Å²) in [5.74, 6) is 0.106. The molecule has 0 radical (unpaired) electrons. The van der Waals surface area contributed by atoms with Crippen molar-refractivity contribution in [3.63, 3.8) is 0 Å². The van der Waals surface area contributed by atoms with Crippen LogP contribution in [0.25, 0.3) is 0 Å². The molecule has 20 heavy (non-hydrogen) atoms. The predicted molar refractivity (Wildman–Crippen MR) is 81.9 cm³/mol. The number of phenolic OH excluding ortho intramolecular Hbond substituents is 1. The van der Waals surface area contributed by atoms with Crippen LogP contribution in [0.2, 0.25) is 0 Å². The molecule has 4 heteroatoms. The Morgan fingerprint density at radius 2 is 2.05 bits per heavy atom. The van der Waals surface area contributed by atoms with Gasteiger partial charge in [-0.15, -0.1) is 0 Å². The first-order valence-electron chi connectivity index (χ1n) is 7.09. The van der Waals surface area contributed by atoms with Crippen LogP contribution in [0.1, 0.15) is 43.1 Å². The van der Waals surface area contributed by atoms with Crippen LogP contribution in [0, 0.1) is 12.3 Å². The van der Waals surface area contributed by atoms with E-state index in [1.165, 1.54) is 6.07 Å². The molecule has 3 N–H and O–H groups in total. The summed E-state index contributed by atoms with van der Waals surface area (Å²) in [6.07, 6.45) is 0.893. The smallest absolute Gasteiger partial charge is 0.254 e. The maximum absolute atomic E-state index is 12.6. The molecule has 0 saturated heterocycles. The van der Waals surface area contributed by atoms with Crippen LogP contribution < -0.4 is 5.73 Å². The molecule has 4 nitrogen and oxygen atoms in total. The van der Waals surface area contributed by atoms with E-state index < -0.39 is 0 Å². The fourth-order valence-corrected chi connectivity index (χ4v) is 2.03. The van der Waals surface area contributed by atoms with Crippen molar-refractivity contribution in [2.75, 3.05) is 19.6 Å². The number of amides is 1. The number of benzene rings is 1. The zero-order valence-electron chi connectivity index (χ0n) is 12.9. The molecule has 0 saturated carbocycles. The number of aryl methyl sites for hydroxylation is 1. The van der Waals surface area contributed by atoms with E-state index in [1.54, 1.807) is 12.1 Å². The van der Waals surface area contributed by atoms with Gasteiger partial charge in [0.2, 0.25) is 0 Å². The Morgan fingerprint density at radius 3 is 2.55 bits per heavy atom. The van der Waals surface area contributed by atoms with E-state index in [1.807, 2.05) is 18.7 Å². The fraction of sp³-hybridized carbons (Fsp3) is 0.562. The first-order chi connectivity index (χ1) is 9.30. The standard InChI is InChI=1S/C16H26N2O2/c1-5-8-18(11-16(3,4)10-17)15(20)13-7-6-12(2)14(19)9-13/h6-7,9,19H,5,8,10-11,17H2,1-4H3. The molecular weight excluding hydrogens is 252 g/mol. The van der Waals surface area contributed by atoms with Gasteiger partial charge in [-0.05, 0) is 43.0 Å². The maximum atomic E-state index is 12.6. The van der Waals surface area contributed by atoms with E-state index in [0.717, 1.165) is 12.0 Å². The Kier molecular flexibility index (Phi) is 5.57. The number of rotatable bonds is 6. The Bertz CT molecular complexity index is 470. The van der Waals surface area contributed by atoms with Gasteiger partial charge < -0.3 is 15.7 Å². The normalized spacial score (nSPS) is 11.4. The zero-order valence-corrected chi connectivity index (χ0v) is 12.9. The molecule has 0 heterocycles. The van der Waals surface area contributed by atoms with E-state index in [9.17, 15) is 9.90 Å². The molecule has 0 unspecified atom stereocenters. The van der Waals surface area contributed by atoms with E-state index >= 15 is 0 Å². The topological polar surface area (TPSA) is 66.6 Å². The lowest BCUT2D eigenvalue weighted by atomic mass is 9.92. The van der Waals surface area contributed by atoms with Crippen LogP contribution in [0.15, 0.2) is 18.2 Å². The molecule has 0 atom stereocenters. The summed E-state index contributed by atoms with van der Waals surface area (Å²) in [7, 11) is 0. The minimum absolute atomic E-state index is 0.0522. The average molecular weight is 278 g/mol. The van der Waals surface area contributed by atoms with Crippen molar-refractivity contribution in [1.29, 1.82) is 0 Å². The monoisotopic (exact) mass is 278 g/mol. The van der Waals surface area contributed by atoms with Crippen LogP contribution in [0.5, 0.6) is 5.75 Å². The molecular formula is C16H26N2O2. The first kappa shape index (κ1) is 16.5. The average Bonchev–Trinajstić information content (AvgIpc) is 2.40. The van der Waals surface area contributed by atoms with Gasteiger partial charge in [0, 0.05) is 18.7 Å². The molecule has 1 aromatic carbocycles. The van der Waals surface area contributed by atoms with Gasteiger partial charge in [0.15, 0.2) is 0 Å². The number of phenols is 1. The Labute approximate surface area is 121 Å². The van der Waals surface area contributed by atoms with Crippen molar-refractivity contribution in [2.24, 2.45) is 11.1 Å². The Morgan fingerprint density at radius 1 is 1.40 bits per heavy atom. The third-order valence-corrected chi connectivity index (χ3v) is 3.41. The minimum Gasteiger partial charge on any atom is -0.508 e. The quantitative estimate of drug-likeness (QED) is 0.840. The maximum Gasteiger partial charge on any atom is 0.254 e. The van der Waals surface area contributed by atoms with E-state index in [4.69, 9.17) is 5.73 Å². The van der Waals surface area contributed by atoms with Crippen LogP contribution in [-0.4, -0.2) is 35.5 Å². The van der Waals surface area contributed by atoms with Crippen molar-refractivity contribution in [2.45, 2.75) is 34.1 Å². The highest BCUT2D eigenvalue weighted by atomic mass is 16.3. The van der Waals surface area contributed by atoms with Crippen LogP contribution >= 0.6 is 0 Å².